The molecular formula is C29H30N4O5. The van der Waals surface area contributed by atoms with E-state index in [0.29, 0.717) is 11.3 Å². The fourth-order valence-electron chi connectivity index (χ4n) is 4.34. The first-order valence-electron chi connectivity index (χ1n) is 12.3. The molecule has 1 heterocycles. The minimum Gasteiger partial charge on any atom is -0.469 e. The van der Waals surface area contributed by atoms with E-state index in [1.165, 1.54) is 25.3 Å². The molecule has 196 valence electrons. The molecule has 0 saturated heterocycles. The minimum atomic E-state index is -0.562. The Morgan fingerprint density at radius 1 is 1.05 bits per heavy atom. The number of aryl methyl sites for hydroxylation is 1. The number of nitrogens with two attached hydrogens (primary N) is 1. The number of amides is 1. The summed E-state index contributed by atoms with van der Waals surface area (Å²) in [6, 6.07) is 19.1. The Bertz CT molecular complexity index is 1360. The van der Waals surface area contributed by atoms with Crippen LogP contribution < -0.4 is 16.4 Å². The quantitative estimate of drug-likeness (QED) is 0.200. The standard InChI is InChI=1S/C29H30N4O5/c1-37-26(34)16-22-9-5-8-19-10-11-20(15-25(19)32-22)28(35)33-24-13-12-21(14-23(24)27(30)31)29(36)38-17-18-6-3-2-4-7-18/h2-4,6-7,10-15,22,32H,5,8-9,16-17H2,1H3,(H3,30,31)(H,33,35). The maximum atomic E-state index is 13.1. The Kier molecular flexibility index (Phi) is 8.37. The molecule has 0 aromatic heterocycles. The van der Waals surface area contributed by atoms with E-state index >= 15 is 0 Å². The molecule has 9 heteroatoms. The highest BCUT2D eigenvalue weighted by molar-refractivity contribution is 6.10. The van der Waals surface area contributed by atoms with Crippen molar-refractivity contribution in [3.05, 3.63) is 94.5 Å². The number of carbonyl (C=O) groups is 3. The van der Waals surface area contributed by atoms with Crippen LogP contribution in [0.4, 0.5) is 11.4 Å². The lowest BCUT2D eigenvalue weighted by atomic mass is 10.0. The fraction of sp³-hybridized carbons (Fsp3) is 0.241. The molecule has 38 heavy (non-hydrogen) atoms. The van der Waals surface area contributed by atoms with Crippen LogP contribution in [0.25, 0.3) is 0 Å². The van der Waals surface area contributed by atoms with Crippen LogP contribution in [0.3, 0.4) is 0 Å². The first-order valence-corrected chi connectivity index (χ1v) is 12.3. The van der Waals surface area contributed by atoms with Gasteiger partial charge in [-0.25, -0.2) is 4.79 Å². The zero-order valence-electron chi connectivity index (χ0n) is 21.1. The Labute approximate surface area is 220 Å². The predicted molar refractivity (Wildman–Crippen MR) is 144 cm³/mol. The molecule has 0 saturated carbocycles. The fourth-order valence-corrected chi connectivity index (χ4v) is 4.34. The minimum absolute atomic E-state index is 0.0829. The number of nitrogens with one attached hydrogen (secondary N) is 3. The second-order valence-electron chi connectivity index (χ2n) is 9.08. The number of esters is 2. The monoisotopic (exact) mass is 514 g/mol. The molecule has 5 N–H and O–H groups in total. The number of carbonyl (C=O) groups excluding carboxylic acids is 3. The number of hydrogen-bond acceptors (Lipinski definition) is 7. The number of anilines is 2. The van der Waals surface area contributed by atoms with E-state index in [2.05, 4.69) is 10.6 Å². The summed E-state index contributed by atoms with van der Waals surface area (Å²) in [6.45, 7) is 0.112. The predicted octanol–water partition coefficient (Wildman–Crippen LogP) is 4.26. The van der Waals surface area contributed by atoms with E-state index in [-0.39, 0.29) is 42.0 Å². The average Bonchev–Trinajstić information content (AvgIpc) is 3.13. The van der Waals surface area contributed by atoms with Gasteiger partial charge in [0, 0.05) is 22.9 Å². The number of nitrogen functional groups attached to an aromatic ring is 1. The lowest BCUT2D eigenvalue weighted by molar-refractivity contribution is -0.140. The number of fused-ring (bicyclic) bond motifs is 1. The normalized spacial score (nSPS) is 14.3. The number of benzene rings is 3. The molecule has 4 rings (SSSR count). The van der Waals surface area contributed by atoms with Crippen molar-refractivity contribution >= 4 is 35.1 Å². The molecule has 1 amide bonds. The van der Waals surface area contributed by atoms with Gasteiger partial charge in [-0.3, -0.25) is 15.0 Å². The van der Waals surface area contributed by atoms with Gasteiger partial charge in [0.15, 0.2) is 0 Å². The summed E-state index contributed by atoms with van der Waals surface area (Å²) < 4.78 is 10.2. The van der Waals surface area contributed by atoms with Gasteiger partial charge in [-0.05, 0) is 60.7 Å². The molecule has 1 aliphatic heterocycles. The van der Waals surface area contributed by atoms with E-state index in [9.17, 15) is 14.4 Å². The molecule has 3 aromatic carbocycles. The molecule has 0 bridgehead atoms. The highest BCUT2D eigenvalue weighted by Gasteiger charge is 2.21. The highest BCUT2D eigenvalue weighted by atomic mass is 16.5. The third kappa shape index (κ3) is 6.56. The lowest BCUT2D eigenvalue weighted by Gasteiger charge is -2.18. The van der Waals surface area contributed by atoms with Crippen LogP contribution in [0.1, 0.15) is 56.7 Å². The molecule has 0 spiro atoms. The number of ether oxygens (including phenoxy) is 2. The molecule has 9 nitrogen and oxygen atoms in total. The Balaban J connectivity index is 1.48. The van der Waals surface area contributed by atoms with Crippen LogP contribution in [0.2, 0.25) is 0 Å². The van der Waals surface area contributed by atoms with Crippen molar-refractivity contribution in [2.75, 3.05) is 17.7 Å². The van der Waals surface area contributed by atoms with E-state index < -0.39 is 11.9 Å². The molecule has 0 fully saturated rings. The van der Waals surface area contributed by atoms with Gasteiger partial charge in [0.2, 0.25) is 0 Å². The third-order valence-corrected chi connectivity index (χ3v) is 6.38. The van der Waals surface area contributed by atoms with Crippen LogP contribution in [-0.2, 0) is 27.3 Å². The zero-order chi connectivity index (χ0) is 27.1. The van der Waals surface area contributed by atoms with Crippen molar-refractivity contribution in [3.63, 3.8) is 0 Å². The summed E-state index contributed by atoms with van der Waals surface area (Å²) in [5.74, 6) is -1.55. The van der Waals surface area contributed by atoms with Crippen molar-refractivity contribution in [2.24, 2.45) is 5.73 Å². The van der Waals surface area contributed by atoms with Gasteiger partial charge in [-0.15, -0.1) is 0 Å². The second-order valence-corrected chi connectivity index (χ2v) is 9.08. The average molecular weight is 515 g/mol. The molecule has 3 aromatic rings. The number of rotatable bonds is 8. The van der Waals surface area contributed by atoms with Crippen molar-refractivity contribution in [2.45, 2.75) is 38.3 Å². The highest BCUT2D eigenvalue weighted by Crippen LogP contribution is 2.27. The zero-order valence-corrected chi connectivity index (χ0v) is 21.1. The van der Waals surface area contributed by atoms with Crippen LogP contribution in [0.15, 0.2) is 66.7 Å². The molecular weight excluding hydrogens is 484 g/mol. The number of amidine groups is 1. The number of hydrogen-bond donors (Lipinski definition) is 4. The molecule has 0 aliphatic carbocycles. The van der Waals surface area contributed by atoms with Gasteiger partial charge in [0.05, 0.1) is 24.8 Å². The summed E-state index contributed by atoms with van der Waals surface area (Å²) in [7, 11) is 1.37. The van der Waals surface area contributed by atoms with Crippen molar-refractivity contribution < 1.29 is 23.9 Å². The summed E-state index contributed by atoms with van der Waals surface area (Å²) in [5, 5.41) is 14.1. The number of methoxy groups -OCH3 is 1. The summed E-state index contributed by atoms with van der Waals surface area (Å²) in [6.07, 6.45) is 2.80. The maximum Gasteiger partial charge on any atom is 0.338 e. The van der Waals surface area contributed by atoms with Gasteiger partial charge in [-0.2, -0.15) is 0 Å². The largest absolute Gasteiger partial charge is 0.469 e. The van der Waals surface area contributed by atoms with E-state index in [1.54, 1.807) is 12.1 Å². The Morgan fingerprint density at radius 3 is 2.55 bits per heavy atom. The van der Waals surface area contributed by atoms with Crippen molar-refractivity contribution in [3.8, 4) is 0 Å². The maximum absolute atomic E-state index is 13.1. The summed E-state index contributed by atoms with van der Waals surface area (Å²) >= 11 is 0. The molecule has 0 radical (unpaired) electrons. The Hall–Kier alpha value is -4.66. The van der Waals surface area contributed by atoms with Gasteiger partial charge < -0.3 is 25.8 Å². The second kappa shape index (κ2) is 12.1. The summed E-state index contributed by atoms with van der Waals surface area (Å²) in [4.78, 5) is 37.5. The van der Waals surface area contributed by atoms with Crippen LogP contribution in [0.5, 0.6) is 0 Å². The smallest absolute Gasteiger partial charge is 0.338 e. The van der Waals surface area contributed by atoms with E-state index in [0.717, 1.165) is 36.1 Å². The van der Waals surface area contributed by atoms with Gasteiger partial charge >= 0.3 is 11.9 Å². The van der Waals surface area contributed by atoms with Crippen LogP contribution in [0, 0.1) is 5.41 Å². The van der Waals surface area contributed by atoms with Gasteiger partial charge in [-0.1, -0.05) is 36.4 Å². The van der Waals surface area contributed by atoms with Gasteiger partial charge in [0.25, 0.3) is 5.91 Å². The third-order valence-electron chi connectivity index (χ3n) is 6.38. The summed E-state index contributed by atoms with van der Waals surface area (Å²) in [5.41, 5.74) is 9.61. The molecule has 1 atom stereocenters. The van der Waals surface area contributed by atoms with Crippen LogP contribution >= 0.6 is 0 Å². The van der Waals surface area contributed by atoms with E-state index in [4.69, 9.17) is 20.6 Å². The van der Waals surface area contributed by atoms with Crippen molar-refractivity contribution in [1.29, 1.82) is 5.41 Å². The Morgan fingerprint density at radius 2 is 1.82 bits per heavy atom. The molecule has 1 aliphatic rings. The first-order chi connectivity index (χ1) is 18.3. The SMILES string of the molecule is COC(=O)CC1CCCc2ccc(C(=O)Nc3ccc(C(=O)OCc4ccccc4)cc3C(=N)N)cc2N1. The van der Waals surface area contributed by atoms with Gasteiger partial charge in [0.1, 0.15) is 12.4 Å². The van der Waals surface area contributed by atoms with Crippen LogP contribution in [-0.4, -0.2) is 36.8 Å². The first kappa shape index (κ1) is 26.4. The molecule has 1 unspecified atom stereocenters. The van der Waals surface area contributed by atoms with E-state index in [1.807, 2.05) is 36.4 Å². The van der Waals surface area contributed by atoms with Crippen molar-refractivity contribution in [1.82, 2.24) is 0 Å². The lowest BCUT2D eigenvalue weighted by Crippen LogP contribution is -2.23. The topological polar surface area (TPSA) is 144 Å².